The zero-order valence-corrected chi connectivity index (χ0v) is 17.3. The zero-order chi connectivity index (χ0) is 19.7. The lowest BCUT2D eigenvalue weighted by atomic mass is 10.1. The van der Waals surface area contributed by atoms with Gasteiger partial charge in [-0.2, -0.15) is 0 Å². The molecule has 0 atom stereocenters. The lowest BCUT2D eigenvalue weighted by Crippen LogP contribution is -2.47. The van der Waals surface area contributed by atoms with Gasteiger partial charge in [-0.15, -0.1) is 0 Å². The molecule has 1 heterocycles. The van der Waals surface area contributed by atoms with Gasteiger partial charge < -0.3 is 10.1 Å². The highest BCUT2D eigenvalue weighted by molar-refractivity contribution is 7.89. The van der Waals surface area contributed by atoms with Crippen molar-refractivity contribution < 1.29 is 17.9 Å². The van der Waals surface area contributed by atoms with E-state index in [4.69, 9.17) is 4.74 Å². The normalized spacial score (nSPS) is 16.2. The average molecular weight is 397 g/mol. The first-order valence-corrected chi connectivity index (χ1v) is 11.5. The number of amides is 1. The van der Waals surface area contributed by atoms with Crippen LogP contribution in [-0.2, 0) is 14.8 Å². The van der Waals surface area contributed by atoms with Crippen LogP contribution in [0.3, 0.4) is 0 Å². The van der Waals surface area contributed by atoms with E-state index in [0.29, 0.717) is 51.8 Å². The third kappa shape index (κ3) is 7.14. The standard InChI is InChI=1S/C20H32N2O4S/c1-3-4-16-27(24,25)22-13-11-18(12-14-22)21-20(23)10-7-15-26-19-9-6-5-8-17(19)2/h5-6,8-9,18H,3-4,7,10-16H2,1-2H3,(H,21,23). The fraction of sp³-hybridized carbons (Fsp3) is 0.650. The molecule has 7 heteroatoms. The SMILES string of the molecule is CCCCS(=O)(=O)N1CCC(NC(=O)CCCOc2ccccc2C)CC1. The second kappa shape index (κ2) is 10.7. The van der Waals surface area contributed by atoms with Gasteiger partial charge in [0.1, 0.15) is 5.75 Å². The minimum absolute atomic E-state index is 0.00988. The molecule has 1 aliphatic heterocycles. The van der Waals surface area contributed by atoms with Crippen LogP contribution in [0.1, 0.15) is 51.0 Å². The highest BCUT2D eigenvalue weighted by Crippen LogP contribution is 2.17. The van der Waals surface area contributed by atoms with Crippen LogP contribution in [0.2, 0.25) is 0 Å². The molecule has 1 amide bonds. The predicted molar refractivity (Wildman–Crippen MR) is 107 cm³/mol. The summed E-state index contributed by atoms with van der Waals surface area (Å²) in [6.07, 6.45) is 4.00. The first kappa shape index (κ1) is 21.7. The van der Waals surface area contributed by atoms with Gasteiger partial charge in [-0.25, -0.2) is 12.7 Å². The summed E-state index contributed by atoms with van der Waals surface area (Å²) in [5, 5.41) is 3.03. The Morgan fingerprint density at radius 2 is 1.93 bits per heavy atom. The van der Waals surface area contributed by atoms with Gasteiger partial charge in [0.25, 0.3) is 0 Å². The average Bonchev–Trinajstić information content (AvgIpc) is 2.65. The Morgan fingerprint density at radius 3 is 2.59 bits per heavy atom. The molecule has 1 N–H and O–H groups in total. The fourth-order valence-electron chi connectivity index (χ4n) is 3.17. The molecular weight excluding hydrogens is 364 g/mol. The smallest absolute Gasteiger partial charge is 0.220 e. The van der Waals surface area contributed by atoms with Crippen molar-refractivity contribution in [3.05, 3.63) is 29.8 Å². The summed E-state index contributed by atoms with van der Waals surface area (Å²) in [5.41, 5.74) is 1.09. The molecule has 27 heavy (non-hydrogen) atoms. The van der Waals surface area contributed by atoms with Crippen LogP contribution in [-0.4, -0.2) is 50.1 Å². The monoisotopic (exact) mass is 396 g/mol. The van der Waals surface area contributed by atoms with E-state index >= 15 is 0 Å². The van der Waals surface area contributed by atoms with Crippen molar-refractivity contribution in [1.82, 2.24) is 9.62 Å². The van der Waals surface area contributed by atoms with Crippen molar-refractivity contribution in [3.63, 3.8) is 0 Å². The van der Waals surface area contributed by atoms with E-state index in [2.05, 4.69) is 5.32 Å². The van der Waals surface area contributed by atoms with Crippen molar-refractivity contribution in [1.29, 1.82) is 0 Å². The quantitative estimate of drug-likeness (QED) is 0.617. The van der Waals surface area contributed by atoms with E-state index in [9.17, 15) is 13.2 Å². The van der Waals surface area contributed by atoms with Gasteiger partial charge in [0.15, 0.2) is 0 Å². The molecule has 1 aliphatic rings. The second-order valence-corrected chi connectivity index (χ2v) is 9.22. The number of nitrogens with one attached hydrogen (secondary N) is 1. The number of carbonyl (C=O) groups is 1. The minimum atomic E-state index is -3.14. The number of piperidine rings is 1. The number of sulfonamides is 1. The van der Waals surface area contributed by atoms with Gasteiger partial charge in [-0.3, -0.25) is 4.79 Å². The summed E-state index contributed by atoms with van der Waals surface area (Å²) < 4.78 is 31.7. The highest BCUT2D eigenvalue weighted by atomic mass is 32.2. The van der Waals surface area contributed by atoms with Crippen LogP contribution < -0.4 is 10.1 Å². The van der Waals surface area contributed by atoms with E-state index in [1.165, 1.54) is 0 Å². The number of hydrogen-bond donors (Lipinski definition) is 1. The fourth-order valence-corrected chi connectivity index (χ4v) is 4.85. The maximum atomic E-state index is 12.2. The highest BCUT2D eigenvalue weighted by Gasteiger charge is 2.27. The molecule has 1 saturated heterocycles. The van der Waals surface area contributed by atoms with E-state index < -0.39 is 10.0 Å². The van der Waals surface area contributed by atoms with Gasteiger partial charge in [-0.05, 0) is 44.2 Å². The molecule has 6 nitrogen and oxygen atoms in total. The molecule has 1 aromatic rings. The first-order valence-electron chi connectivity index (χ1n) is 9.88. The van der Waals surface area contributed by atoms with E-state index in [0.717, 1.165) is 17.7 Å². The first-order chi connectivity index (χ1) is 12.9. The van der Waals surface area contributed by atoms with Gasteiger partial charge in [-0.1, -0.05) is 31.5 Å². The lowest BCUT2D eigenvalue weighted by Gasteiger charge is -2.31. The largest absolute Gasteiger partial charge is 0.493 e. The molecule has 1 aromatic carbocycles. The van der Waals surface area contributed by atoms with Crippen LogP contribution >= 0.6 is 0 Å². The van der Waals surface area contributed by atoms with Crippen molar-refractivity contribution in [2.45, 2.75) is 58.4 Å². The van der Waals surface area contributed by atoms with E-state index in [-0.39, 0.29) is 17.7 Å². The number of nitrogens with zero attached hydrogens (tertiary/aromatic N) is 1. The third-order valence-electron chi connectivity index (χ3n) is 4.87. The lowest BCUT2D eigenvalue weighted by molar-refractivity contribution is -0.122. The third-order valence-corrected chi connectivity index (χ3v) is 6.82. The number of benzene rings is 1. The van der Waals surface area contributed by atoms with Crippen LogP contribution in [0.5, 0.6) is 5.75 Å². The van der Waals surface area contributed by atoms with Crippen molar-refractivity contribution in [3.8, 4) is 5.75 Å². The molecule has 152 valence electrons. The van der Waals surface area contributed by atoms with Crippen molar-refractivity contribution in [2.24, 2.45) is 0 Å². The summed E-state index contributed by atoms with van der Waals surface area (Å²) in [6.45, 7) is 5.48. The van der Waals surface area contributed by atoms with Gasteiger partial charge in [0.05, 0.1) is 12.4 Å². The number of unbranched alkanes of at least 4 members (excludes halogenated alkanes) is 1. The number of para-hydroxylation sites is 1. The zero-order valence-electron chi connectivity index (χ0n) is 16.4. The Hall–Kier alpha value is -1.60. The summed E-state index contributed by atoms with van der Waals surface area (Å²) in [5.74, 6) is 1.09. The second-order valence-electron chi connectivity index (χ2n) is 7.13. The molecule has 0 saturated carbocycles. The molecule has 1 fully saturated rings. The number of aryl methyl sites for hydroxylation is 1. The molecule has 0 radical (unpaired) electrons. The van der Waals surface area contributed by atoms with Crippen molar-refractivity contribution in [2.75, 3.05) is 25.4 Å². The van der Waals surface area contributed by atoms with Crippen LogP contribution in [0.4, 0.5) is 0 Å². The van der Waals surface area contributed by atoms with Gasteiger partial charge >= 0.3 is 0 Å². The Balaban J connectivity index is 1.64. The van der Waals surface area contributed by atoms with Crippen LogP contribution in [0.15, 0.2) is 24.3 Å². The minimum Gasteiger partial charge on any atom is -0.493 e. The topological polar surface area (TPSA) is 75.7 Å². The Bertz CT molecular complexity index is 698. The molecule has 0 bridgehead atoms. The van der Waals surface area contributed by atoms with E-state index in [1.807, 2.05) is 38.1 Å². The summed E-state index contributed by atoms with van der Waals surface area (Å²) >= 11 is 0. The number of hydrogen-bond acceptors (Lipinski definition) is 4. The molecule has 0 aromatic heterocycles. The Morgan fingerprint density at radius 1 is 1.22 bits per heavy atom. The Kier molecular flexibility index (Phi) is 8.57. The Labute approximate surface area is 163 Å². The summed E-state index contributed by atoms with van der Waals surface area (Å²) in [4.78, 5) is 12.1. The maximum Gasteiger partial charge on any atom is 0.220 e. The summed E-state index contributed by atoms with van der Waals surface area (Å²) in [7, 11) is -3.14. The molecule has 0 unspecified atom stereocenters. The summed E-state index contributed by atoms with van der Waals surface area (Å²) in [6, 6.07) is 7.89. The number of rotatable bonds is 10. The molecule has 2 rings (SSSR count). The molecule has 0 aliphatic carbocycles. The van der Waals surface area contributed by atoms with Crippen LogP contribution in [0, 0.1) is 6.92 Å². The molecule has 0 spiro atoms. The molecular formula is C20H32N2O4S. The number of carbonyl (C=O) groups excluding carboxylic acids is 1. The predicted octanol–water partition coefficient (Wildman–Crippen LogP) is 2.86. The van der Waals surface area contributed by atoms with E-state index in [1.54, 1.807) is 4.31 Å². The van der Waals surface area contributed by atoms with Crippen molar-refractivity contribution >= 4 is 15.9 Å². The van der Waals surface area contributed by atoms with Gasteiger partial charge in [0, 0.05) is 25.6 Å². The van der Waals surface area contributed by atoms with Gasteiger partial charge in [0.2, 0.25) is 15.9 Å². The van der Waals surface area contributed by atoms with Crippen LogP contribution in [0.25, 0.3) is 0 Å². The maximum absolute atomic E-state index is 12.2. The number of ether oxygens (including phenoxy) is 1.